The van der Waals surface area contributed by atoms with Gasteiger partial charge >= 0.3 is 0 Å². The summed E-state index contributed by atoms with van der Waals surface area (Å²) in [6.45, 7) is 2.52. The van der Waals surface area contributed by atoms with Gasteiger partial charge in [0.1, 0.15) is 0 Å². The topological polar surface area (TPSA) is 26.1 Å². The lowest BCUT2D eigenvalue weighted by molar-refractivity contribution is -0.360. The maximum atomic E-state index is 10.1. The van der Waals surface area contributed by atoms with Gasteiger partial charge in [0.05, 0.1) is 0 Å². The van der Waals surface area contributed by atoms with E-state index in [9.17, 15) is 5.21 Å². The van der Waals surface area contributed by atoms with Crippen LogP contribution in [0.3, 0.4) is 0 Å². The van der Waals surface area contributed by atoms with E-state index in [2.05, 4.69) is 0 Å². The van der Waals surface area contributed by atoms with E-state index in [4.69, 9.17) is 0 Å². The summed E-state index contributed by atoms with van der Waals surface area (Å²) in [4.78, 5) is 0. The molecular weight excluding hydrogens is 90.1 g/mol. The first kappa shape index (κ1) is 4.37. The van der Waals surface area contributed by atoms with Crippen LogP contribution in [-0.2, 0) is 0 Å². The maximum Gasteiger partial charge on any atom is 0.254 e. The molecule has 0 aromatic rings. The summed E-state index contributed by atoms with van der Waals surface area (Å²) in [5, 5.41) is 10.1. The minimum Gasteiger partial charge on any atom is -0.623 e. The van der Waals surface area contributed by atoms with Crippen LogP contribution in [-0.4, -0.2) is 17.0 Å². The maximum absolute atomic E-state index is 10.1. The van der Waals surface area contributed by atoms with E-state index in [-0.39, 0.29) is 0 Å². The Bertz CT molecular complexity index is 135. The first-order valence-corrected chi connectivity index (χ1v) is 2.28. The Hall–Kier alpha value is -0.790. The molecule has 38 valence electrons. The lowest BCUT2D eigenvalue weighted by Gasteiger charge is -1.70. The molecule has 1 aliphatic rings. The molecule has 1 rings (SSSR count). The highest BCUT2D eigenvalue weighted by atomic mass is 16.5. The van der Waals surface area contributed by atoms with Crippen molar-refractivity contribution in [3.05, 3.63) is 17.4 Å². The van der Waals surface area contributed by atoms with Gasteiger partial charge in [-0.25, -0.2) is 0 Å². The zero-order valence-electron chi connectivity index (χ0n) is 4.22. The second-order valence-electron chi connectivity index (χ2n) is 1.53. The minimum absolute atomic E-state index is 0.615. The van der Waals surface area contributed by atoms with Crippen LogP contribution in [0.25, 0.3) is 0 Å². The van der Waals surface area contributed by atoms with Gasteiger partial charge in [0.25, 0.3) is 5.71 Å². The molecule has 2 nitrogen and oxygen atoms in total. The van der Waals surface area contributed by atoms with Crippen LogP contribution in [0, 0.1) is 5.21 Å². The van der Waals surface area contributed by atoms with Crippen LogP contribution in [0.4, 0.5) is 0 Å². The SMILES string of the molecule is C/C=C/C1=[N+]([O-])C1. The molecule has 0 saturated carbocycles. The Balaban J connectivity index is 2.47. The van der Waals surface area contributed by atoms with Crippen molar-refractivity contribution in [2.24, 2.45) is 0 Å². The molecule has 0 amide bonds. The molecule has 1 aliphatic heterocycles. The molecule has 1 heterocycles. The highest BCUT2D eigenvalue weighted by Gasteiger charge is 2.22. The molecule has 0 N–H and O–H groups in total. The third-order valence-corrected chi connectivity index (χ3v) is 0.882. The molecule has 0 aliphatic carbocycles. The van der Waals surface area contributed by atoms with Crippen LogP contribution in [0.2, 0.25) is 0 Å². The first-order valence-electron chi connectivity index (χ1n) is 2.28. The number of hydrogen-bond acceptors (Lipinski definition) is 1. The van der Waals surface area contributed by atoms with E-state index >= 15 is 0 Å². The smallest absolute Gasteiger partial charge is 0.254 e. The Morgan fingerprint density at radius 2 is 2.43 bits per heavy atom. The molecule has 0 aromatic heterocycles. The van der Waals surface area contributed by atoms with Crippen molar-refractivity contribution in [3.8, 4) is 0 Å². The zero-order chi connectivity index (χ0) is 5.28. The van der Waals surface area contributed by atoms with Crippen LogP contribution in [0.5, 0.6) is 0 Å². The summed E-state index contributed by atoms with van der Waals surface area (Å²) in [6.07, 6.45) is 3.69. The largest absolute Gasteiger partial charge is 0.623 e. The first-order chi connectivity index (χ1) is 3.34. The highest BCUT2D eigenvalue weighted by Crippen LogP contribution is 1.95. The summed E-state index contributed by atoms with van der Waals surface area (Å²) in [7, 11) is 0. The lowest BCUT2D eigenvalue weighted by Crippen LogP contribution is -1.67. The van der Waals surface area contributed by atoms with E-state index in [1.165, 1.54) is 0 Å². The second-order valence-corrected chi connectivity index (χ2v) is 1.53. The van der Waals surface area contributed by atoms with Crippen molar-refractivity contribution in [3.63, 3.8) is 0 Å². The molecule has 0 saturated heterocycles. The Morgan fingerprint density at radius 3 is 2.57 bits per heavy atom. The molecule has 0 atom stereocenters. The average molecular weight is 97.1 g/mol. The van der Waals surface area contributed by atoms with E-state index < -0.39 is 0 Å². The summed E-state index contributed by atoms with van der Waals surface area (Å²) in [5.74, 6) is 0. The fourth-order valence-corrected chi connectivity index (χ4v) is 0.440. The van der Waals surface area contributed by atoms with Crippen molar-refractivity contribution in [1.82, 2.24) is 0 Å². The monoisotopic (exact) mass is 97.1 g/mol. The Morgan fingerprint density at radius 1 is 1.86 bits per heavy atom. The van der Waals surface area contributed by atoms with E-state index in [1.807, 2.05) is 19.1 Å². The molecule has 0 spiro atoms. The van der Waals surface area contributed by atoms with Crippen molar-refractivity contribution in [2.75, 3.05) is 6.54 Å². The average Bonchev–Trinajstić information content (AvgIpc) is 2.22. The van der Waals surface area contributed by atoms with Crippen LogP contribution < -0.4 is 0 Å². The third-order valence-electron chi connectivity index (χ3n) is 0.882. The molecule has 7 heavy (non-hydrogen) atoms. The van der Waals surface area contributed by atoms with E-state index in [0.29, 0.717) is 6.54 Å². The highest BCUT2D eigenvalue weighted by molar-refractivity contribution is 5.97. The third kappa shape index (κ3) is 0.796. The van der Waals surface area contributed by atoms with Crippen molar-refractivity contribution < 1.29 is 4.74 Å². The fourth-order valence-electron chi connectivity index (χ4n) is 0.440. The van der Waals surface area contributed by atoms with Gasteiger partial charge in [-0.05, 0) is 6.92 Å². The van der Waals surface area contributed by atoms with Gasteiger partial charge in [-0.3, -0.25) is 0 Å². The predicted molar refractivity (Wildman–Crippen MR) is 28.3 cm³/mol. The van der Waals surface area contributed by atoms with Crippen molar-refractivity contribution in [2.45, 2.75) is 6.92 Å². The molecule has 0 aromatic carbocycles. The summed E-state index contributed by atoms with van der Waals surface area (Å²) in [5.41, 5.74) is 0.891. The van der Waals surface area contributed by atoms with Gasteiger partial charge in [0.15, 0.2) is 0 Å². The van der Waals surface area contributed by atoms with Crippen LogP contribution >= 0.6 is 0 Å². The minimum atomic E-state index is 0.615. The molecule has 0 bridgehead atoms. The Kier molecular flexibility index (Phi) is 0.855. The number of rotatable bonds is 1. The Labute approximate surface area is 42.4 Å². The summed E-state index contributed by atoms with van der Waals surface area (Å²) >= 11 is 0. The van der Waals surface area contributed by atoms with Crippen molar-refractivity contribution in [1.29, 1.82) is 0 Å². The number of hydroxylamine groups is 1. The van der Waals surface area contributed by atoms with E-state index in [0.717, 1.165) is 10.5 Å². The van der Waals surface area contributed by atoms with Gasteiger partial charge < -0.3 is 5.21 Å². The van der Waals surface area contributed by atoms with Crippen molar-refractivity contribution >= 4 is 5.71 Å². The number of nitrogens with zero attached hydrogens (tertiary/aromatic N) is 1. The molecule has 2 heteroatoms. The van der Waals surface area contributed by atoms with Crippen LogP contribution in [0.1, 0.15) is 6.92 Å². The van der Waals surface area contributed by atoms with Gasteiger partial charge in [-0.15, -0.1) is 0 Å². The quantitative estimate of drug-likeness (QED) is 0.346. The van der Waals surface area contributed by atoms with Gasteiger partial charge in [0, 0.05) is 6.08 Å². The normalized spacial score (nSPS) is 19.0. The van der Waals surface area contributed by atoms with Crippen LogP contribution in [0.15, 0.2) is 12.2 Å². The zero-order valence-corrected chi connectivity index (χ0v) is 4.22. The van der Waals surface area contributed by atoms with Gasteiger partial charge in [-0.2, -0.15) is 4.74 Å². The molecule has 0 unspecified atom stereocenters. The van der Waals surface area contributed by atoms with Gasteiger partial charge in [-0.1, -0.05) is 6.08 Å². The molecular formula is C5H7NO. The second kappa shape index (κ2) is 1.37. The number of hydrogen-bond donors (Lipinski definition) is 0. The predicted octanol–water partition coefficient (Wildman–Crippen LogP) is 0.527. The molecule has 0 fully saturated rings. The lowest BCUT2D eigenvalue weighted by atomic mass is 10.4. The van der Waals surface area contributed by atoms with Gasteiger partial charge in [0.2, 0.25) is 6.54 Å². The molecule has 0 radical (unpaired) electrons. The number of allylic oxidation sites excluding steroid dienone is 1. The fraction of sp³-hybridized carbons (Fsp3) is 0.400. The standard InChI is InChI=1S/C5H7NO/c1-2-3-5-4-6(5)7/h2-3H,4H2,1H3/b3-2+. The summed E-state index contributed by atoms with van der Waals surface area (Å²) < 4.78 is 0.958. The van der Waals surface area contributed by atoms with E-state index in [1.54, 1.807) is 0 Å². The summed E-state index contributed by atoms with van der Waals surface area (Å²) in [6, 6.07) is 0.